The van der Waals surface area contributed by atoms with Crippen molar-refractivity contribution in [1.82, 2.24) is 5.32 Å². The first-order valence-corrected chi connectivity index (χ1v) is 7.48. The molecular weight excluding hydrogens is 210 g/mol. The Bertz CT molecular complexity index is 233. The van der Waals surface area contributed by atoms with Crippen molar-refractivity contribution in [2.45, 2.75) is 71.4 Å². The minimum atomic E-state index is 0.558. The molecule has 0 aromatic carbocycles. The molecule has 2 rings (SSSR count). The third-order valence-electron chi connectivity index (χ3n) is 4.56. The van der Waals surface area contributed by atoms with E-state index in [1.165, 1.54) is 45.1 Å². The van der Waals surface area contributed by atoms with E-state index < -0.39 is 0 Å². The fraction of sp³-hybridized carbons (Fsp3) is 1.00. The molecule has 3 atom stereocenters. The van der Waals surface area contributed by atoms with Crippen LogP contribution in [-0.2, 0) is 4.74 Å². The molecule has 0 aromatic rings. The normalized spacial score (nSPS) is 32.6. The Balaban J connectivity index is 1.74. The Hall–Kier alpha value is -0.0800. The van der Waals surface area contributed by atoms with Gasteiger partial charge in [0.05, 0.1) is 6.10 Å². The molecule has 2 aliphatic rings. The van der Waals surface area contributed by atoms with Crippen molar-refractivity contribution >= 4 is 0 Å². The smallest absolute Gasteiger partial charge is 0.0576 e. The summed E-state index contributed by atoms with van der Waals surface area (Å²) < 4.78 is 5.73. The van der Waals surface area contributed by atoms with Gasteiger partial charge >= 0.3 is 0 Å². The fourth-order valence-electron chi connectivity index (χ4n) is 3.21. The zero-order valence-corrected chi connectivity index (χ0v) is 11.8. The Kier molecular flexibility index (Phi) is 4.48. The predicted molar refractivity (Wildman–Crippen MR) is 72.2 cm³/mol. The second kappa shape index (κ2) is 5.71. The number of ether oxygens (including phenoxy) is 1. The van der Waals surface area contributed by atoms with Crippen LogP contribution in [0.3, 0.4) is 0 Å². The Morgan fingerprint density at radius 1 is 1.41 bits per heavy atom. The minimum absolute atomic E-state index is 0.558. The number of rotatable bonds is 7. The number of hydrogen-bond acceptors (Lipinski definition) is 2. The van der Waals surface area contributed by atoms with Crippen LogP contribution in [0.5, 0.6) is 0 Å². The second-order valence-corrected chi connectivity index (χ2v) is 6.57. The molecule has 17 heavy (non-hydrogen) atoms. The van der Waals surface area contributed by atoms with Crippen LogP contribution in [0.25, 0.3) is 0 Å². The van der Waals surface area contributed by atoms with E-state index in [9.17, 15) is 0 Å². The van der Waals surface area contributed by atoms with Crippen molar-refractivity contribution in [3.05, 3.63) is 0 Å². The predicted octanol–water partition coefficient (Wildman–Crippen LogP) is 3.36. The van der Waals surface area contributed by atoms with Gasteiger partial charge in [-0.05, 0) is 56.4 Å². The van der Waals surface area contributed by atoms with Gasteiger partial charge in [0.2, 0.25) is 0 Å². The molecule has 1 saturated carbocycles. The van der Waals surface area contributed by atoms with Crippen LogP contribution in [-0.4, -0.2) is 25.3 Å². The second-order valence-electron chi connectivity index (χ2n) is 6.57. The SMILES string of the molecule is CCCNC(CCC1CCCO1)C1CC1(C)C. The molecule has 0 radical (unpaired) electrons. The van der Waals surface area contributed by atoms with Crippen molar-refractivity contribution in [2.24, 2.45) is 11.3 Å². The molecule has 2 fully saturated rings. The molecule has 100 valence electrons. The van der Waals surface area contributed by atoms with Gasteiger partial charge in [0, 0.05) is 12.6 Å². The van der Waals surface area contributed by atoms with E-state index in [-0.39, 0.29) is 0 Å². The first-order chi connectivity index (χ1) is 8.13. The summed E-state index contributed by atoms with van der Waals surface area (Å²) in [5.41, 5.74) is 0.585. The molecule has 1 N–H and O–H groups in total. The maximum atomic E-state index is 5.73. The summed E-state index contributed by atoms with van der Waals surface area (Å²) in [6.45, 7) is 9.23. The summed E-state index contributed by atoms with van der Waals surface area (Å²) in [6, 6.07) is 0.731. The van der Waals surface area contributed by atoms with Crippen molar-refractivity contribution in [2.75, 3.05) is 13.2 Å². The maximum absolute atomic E-state index is 5.73. The van der Waals surface area contributed by atoms with Gasteiger partial charge in [-0.15, -0.1) is 0 Å². The standard InChI is InChI=1S/C15H29NO/c1-4-9-16-14(13-11-15(13,2)3)8-7-12-6-5-10-17-12/h12-14,16H,4-11H2,1-3H3. The summed E-state index contributed by atoms with van der Waals surface area (Å²) in [4.78, 5) is 0. The third kappa shape index (κ3) is 3.69. The highest BCUT2D eigenvalue weighted by Gasteiger charge is 2.49. The Labute approximate surface area is 107 Å². The van der Waals surface area contributed by atoms with Gasteiger partial charge in [-0.1, -0.05) is 20.8 Å². The topological polar surface area (TPSA) is 21.3 Å². The van der Waals surface area contributed by atoms with E-state index in [1.807, 2.05) is 0 Å². The first-order valence-electron chi connectivity index (χ1n) is 7.48. The monoisotopic (exact) mass is 239 g/mol. The van der Waals surface area contributed by atoms with Crippen LogP contribution < -0.4 is 5.32 Å². The molecule has 2 heteroatoms. The highest BCUT2D eigenvalue weighted by molar-refractivity contribution is 5.01. The molecule has 0 spiro atoms. The average molecular weight is 239 g/mol. The van der Waals surface area contributed by atoms with Gasteiger partial charge in [0.15, 0.2) is 0 Å². The van der Waals surface area contributed by atoms with Crippen LogP contribution in [0.15, 0.2) is 0 Å². The summed E-state index contributed by atoms with van der Waals surface area (Å²) in [5, 5.41) is 3.76. The van der Waals surface area contributed by atoms with Gasteiger partial charge in [-0.2, -0.15) is 0 Å². The molecule has 1 saturated heterocycles. The zero-order chi connectivity index (χ0) is 12.3. The van der Waals surface area contributed by atoms with Gasteiger partial charge in [0.25, 0.3) is 0 Å². The lowest BCUT2D eigenvalue weighted by atomic mass is 9.97. The van der Waals surface area contributed by atoms with Gasteiger partial charge in [0.1, 0.15) is 0 Å². The largest absolute Gasteiger partial charge is 0.378 e. The highest BCUT2D eigenvalue weighted by atomic mass is 16.5. The van der Waals surface area contributed by atoms with E-state index in [0.29, 0.717) is 11.5 Å². The molecule has 2 nitrogen and oxygen atoms in total. The molecule has 1 aliphatic heterocycles. The molecule has 3 unspecified atom stereocenters. The molecule has 0 amide bonds. The van der Waals surface area contributed by atoms with E-state index >= 15 is 0 Å². The average Bonchev–Trinajstić information content (AvgIpc) is 2.74. The summed E-state index contributed by atoms with van der Waals surface area (Å²) in [7, 11) is 0. The van der Waals surface area contributed by atoms with Crippen LogP contribution >= 0.6 is 0 Å². The van der Waals surface area contributed by atoms with Crippen molar-refractivity contribution in [1.29, 1.82) is 0 Å². The molecule has 1 heterocycles. The Morgan fingerprint density at radius 2 is 2.18 bits per heavy atom. The zero-order valence-electron chi connectivity index (χ0n) is 11.8. The van der Waals surface area contributed by atoms with Crippen molar-refractivity contribution in [3.63, 3.8) is 0 Å². The minimum Gasteiger partial charge on any atom is -0.378 e. The highest BCUT2D eigenvalue weighted by Crippen LogP contribution is 2.54. The third-order valence-corrected chi connectivity index (χ3v) is 4.56. The maximum Gasteiger partial charge on any atom is 0.0576 e. The lowest BCUT2D eigenvalue weighted by molar-refractivity contribution is 0.0983. The molecule has 1 aliphatic carbocycles. The fourth-order valence-corrected chi connectivity index (χ4v) is 3.21. The van der Waals surface area contributed by atoms with Crippen LogP contribution in [0.1, 0.15) is 59.3 Å². The van der Waals surface area contributed by atoms with Gasteiger partial charge < -0.3 is 10.1 Å². The van der Waals surface area contributed by atoms with Crippen LogP contribution in [0, 0.1) is 11.3 Å². The van der Waals surface area contributed by atoms with Crippen LogP contribution in [0.4, 0.5) is 0 Å². The summed E-state index contributed by atoms with van der Waals surface area (Å²) >= 11 is 0. The lowest BCUT2D eigenvalue weighted by Crippen LogP contribution is -2.34. The lowest BCUT2D eigenvalue weighted by Gasteiger charge is -2.21. The van der Waals surface area contributed by atoms with E-state index in [1.54, 1.807) is 0 Å². The first kappa shape index (κ1) is 13.4. The van der Waals surface area contributed by atoms with Crippen LogP contribution in [0.2, 0.25) is 0 Å². The van der Waals surface area contributed by atoms with E-state index in [0.717, 1.165) is 18.6 Å². The Morgan fingerprint density at radius 3 is 2.71 bits per heavy atom. The molecule has 0 bridgehead atoms. The van der Waals surface area contributed by atoms with Gasteiger partial charge in [-0.25, -0.2) is 0 Å². The van der Waals surface area contributed by atoms with Gasteiger partial charge in [-0.3, -0.25) is 0 Å². The van der Waals surface area contributed by atoms with Crippen molar-refractivity contribution < 1.29 is 4.74 Å². The number of nitrogens with one attached hydrogen (secondary N) is 1. The van der Waals surface area contributed by atoms with E-state index in [2.05, 4.69) is 26.1 Å². The van der Waals surface area contributed by atoms with E-state index in [4.69, 9.17) is 4.74 Å². The summed E-state index contributed by atoms with van der Waals surface area (Å²) in [5.74, 6) is 0.899. The number of hydrogen-bond donors (Lipinski definition) is 1. The summed E-state index contributed by atoms with van der Waals surface area (Å²) in [6.07, 6.45) is 8.32. The van der Waals surface area contributed by atoms with Crippen molar-refractivity contribution in [3.8, 4) is 0 Å². The molecule has 0 aromatic heterocycles. The molecular formula is C15H29NO. The quantitative estimate of drug-likeness (QED) is 0.735.